The molecule has 16 nitrogen and oxygen atoms in total. The number of carboxylic acid groups (broad SMARTS) is 3. The fourth-order valence-corrected chi connectivity index (χ4v) is 13.0. The molecule has 7 rings (SSSR count). The minimum Gasteiger partial charge on any atom is -0.481 e. The lowest BCUT2D eigenvalue weighted by atomic mass is 9.35. The molecule has 0 amide bonds. The molecule has 0 radical (unpaired) electrons. The van der Waals surface area contributed by atoms with Crippen molar-refractivity contribution in [2.75, 3.05) is 0 Å². The van der Waals surface area contributed by atoms with Crippen LogP contribution in [-0.2, 0) is 33.3 Å². The van der Waals surface area contributed by atoms with Crippen LogP contribution in [-0.4, -0.2) is 137 Å². The first kappa shape index (κ1) is 43.6. The van der Waals surface area contributed by atoms with Gasteiger partial charge in [0, 0.05) is 5.41 Å². The van der Waals surface area contributed by atoms with Crippen LogP contribution in [0.3, 0.4) is 0 Å². The van der Waals surface area contributed by atoms with Crippen molar-refractivity contribution in [3.63, 3.8) is 0 Å². The Hall–Kier alpha value is -2.51. The number of carbonyl (C=O) groups is 3. The second kappa shape index (κ2) is 14.3. The molecule has 5 aliphatic carbocycles. The summed E-state index contributed by atoms with van der Waals surface area (Å²) in [5.41, 5.74) is -0.721. The van der Waals surface area contributed by atoms with E-state index in [1.54, 1.807) is 6.92 Å². The zero-order valence-corrected chi connectivity index (χ0v) is 34.3. The Labute approximate surface area is 337 Å². The van der Waals surface area contributed by atoms with Crippen LogP contribution >= 0.6 is 0 Å². The van der Waals surface area contributed by atoms with Gasteiger partial charge < -0.3 is 64.9 Å². The van der Waals surface area contributed by atoms with E-state index in [4.69, 9.17) is 18.9 Å². The van der Waals surface area contributed by atoms with E-state index < -0.39 is 108 Å². The van der Waals surface area contributed by atoms with Crippen molar-refractivity contribution in [1.82, 2.24) is 0 Å². The van der Waals surface area contributed by atoms with Crippen LogP contribution in [0.2, 0.25) is 0 Å². The Morgan fingerprint density at radius 3 is 1.91 bits per heavy atom. The highest BCUT2D eigenvalue weighted by atomic mass is 16.8. The lowest BCUT2D eigenvalue weighted by molar-refractivity contribution is -0.371. The summed E-state index contributed by atoms with van der Waals surface area (Å²) in [5.74, 6) is -3.97. The number of ether oxygens (including phenoxy) is 4. The zero-order valence-electron chi connectivity index (χ0n) is 34.3. The smallest absolute Gasteiger partial charge is 0.335 e. The van der Waals surface area contributed by atoms with Crippen molar-refractivity contribution in [3.8, 4) is 0 Å². The van der Waals surface area contributed by atoms with E-state index in [0.29, 0.717) is 19.3 Å². The first-order valence-corrected chi connectivity index (χ1v) is 20.6. The van der Waals surface area contributed by atoms with Gasteiger partial charge in [-0.1, -0.05) is 59.3 Å². The van der Waals surface area contributed by atoms with Gasteiger partial charge in [0.15, 0.2) is 24.8 Å². The SMILES string of the molecule is CC1(C)[C@@H](O[C@@H]2O[C@H](C(=O)O)[C@@H](O)[C@H](O)[C@H]2O[C@@H]2O[C@H](C(=O)O)[C@@H](O)[C@H](O)[C@H]2O)CC[C@]2(C)[C@H]3C=CC4=C5C[C@@](C)(C(=O)O)C[C@@H](O)[C@]5(C)CC[C@@]4(C)[C@]3(C)CC[C@@H]12. The van der Waals surface area contributed by atoms with Crippen LogP contribution in [0.25, 0.3) is 0 Å². The summed E-state index contributed by atoms with van der Waals surface area (Å²) in [6.45, 7) is 15.0. The highest BCUT2D eigenvalue weighted by Crippen LogP contribution is 2.74. The van der Waals surface area contributed by atoms with Crippen molar-refractivity contribution in [1.29, 1.82) is 0 Å². The first-order valence-electron chi connectivity index (χ1n) is 20.6. The Morgan fingerprint density at radius 1 is 0.707 bits per heavy atom. The number of aliphatic hydroxyl groups excluding tert-OH is 6. The highest BCUT2D eigenvalue weighted by Gasteiger charge is 2.68. The third kappa shape index (κ3) is 6.17. The molecule has 0 bridgehead atoms. The topological polar surface area (TPSA) is 270 Å². The fraction of sp³-hybridized carbons (Fsp3) is 0.833. The molecule has 0 aromatic heterocycles. The molecule has 16 heteroatoms. The predicted molar refractivity (Wildman–Crippen MR) is 200 cm³/mol. The number of allylic oxidation sites excluding steroid dienone is 3. The van der Waals surface area contributed by atoms with Gasteiger partial charge in [0.2, 0.25) is 0 Å². The molecule has 0 spiro atoms. The second-order valence-corrected chi connectivity index (χ2v) is 20.3. The molecular formula is C42H62O16. The molecule has 3 saturated carbocycles. The number of aliphatic hydroxyl groups is 6. The Kier molecular flexibility index (Phi) is 10.7. The number of rotatable bonds is 7. The fourth-order valence-electron chi connectivity index (χ4n) is 13.0. The molecule has 7 aliphatic rings. The van der Waals surface area contributed by atoms with Crippen molar-refractivity contribution in [2.24, 2.45) is 44.3 Å². The molecular weight excluding hydrogens is 760 g/mol. The summed E-state index contributed by atoms with van der Waals surface area (Å²) < 4.78 is 23.5. The van der Waals surface area contributed by atoms with Crippen molar-refractivity contribution < 1.29 is 79.3 Å². The van der Waals surface area contributed by atoms with Crippen LogP contribution < -0.4 is 0 Å². The average molecular weight is 823 g/mol. The van der Waals surface area contributed by atoms with Gasteiger partial charge >= 0.3 is 17.9 Å². The Balaban J connectivity index is 1.18. The van der Waals surface area contributed by atoms with Crippen LogP contribution in [0.5, 0.6) is 0 Å². The zero-order chi connectivity index (χ0) is 42.9. The minimum atomic E-state index is -2.03. The van der Waals surface area contributed by atoms with Crippen LogP contribution in [0.15, 0.2) is 23.3 Å². The van der Waals surface area contributed by atoms with Crippen LogP contribution in [0, 0.1) is 44.3 Å². The number of aliphatic carboxylic acids is 3. The number of hydrogen-bond donors (Lipinski definition) is 9. The van der Waals surface area contributed by atoms with Gasteiger partial charge in [0.25, 0.3) is 0 Å². The molecule has 19 atom stereocenters. The predicted octanol–water partition coefficient (Wildman–Crippen LogP) is 1.96. The summed E-state index contributed by atoms with van der Waals surface area (Å²) in [5, 5.41) is 94.5. The van der Waals surface area contributed by atoms with E-state index in [-0.39, 0.29) is 34.5 Å². The maximum atomic E-state index is 12.5. The maximum absolute atomic E-state index is 12.5. The monoisotopic (exact) mass is 822 g/mol. The van der Waals surface area contributed by atoms with Gasteiger partial charge in [-0.05, 0) is 97.4 Å². The molecule has 2 aliphatic heterocycles. The van der Waals surface area contributed by atoms with E-state index in [1.807, 2.05) is 0 Å². The van der Waals surface area contributed by atoms with Gasteiger partial charge in [0.1, 0.15) is 36.6 Å². The normalized spacial score (nSPS) is 52.4. The van der Waals surface area contributed by atoms with Crippen molar-refractivity contribution in [2.45, 2.75) is 173 Å². The Morgan fingerprint density at radius 2 is 1.31 bits per heavy atom. The standard InChI is InChI=1S/C42H62O16/c1-37(2)20-10-13-42(7)21(9-8-18-19-16-38(3,36(53)54)17-22(43)39(19,4)14-15-41(18,42)6)40(20,5)12-11-23(37)55-35-31(27(47)26(46)30(57-35)33(51)52)58-34-28(48)24(44)25(45)29(56-34)32(49)50/h8-9,20-31,34-35,43-48H,10-17H2,1-7H3,(H,49,50)(H,51,52)(H,53,54)/t20-,21+,22+,23-,24-,25-,26-,27-,28+,29-,30-,31+,34-,35+,38+,39+,40-,41+,42+/m0/s1. The summed E-state index contributed by atoms with van der Waals surface area (Å²) in [7, 11) is 0. The van der Waals surface area contributed by atoms with Gasteiger partial charge in [-0.15, -0.1) is 0 Å². The maximum Gasteiger partial charge on any atom is 0.335 e. The van der Waals surface area contributed by atoms with Gasteiger partial charge in [0.05, 0.1) is 17.6 Å². The van der Waals surface area contributed by atoms with Gasteiger partial charge in [-0.3, -0.25) is 4.79 Å². The summed E-state index contributed by atoms with van der Waals surface area (Å²) >= 11 is 0. The minimum absolute atomic E-state index is 0.0603. The van der Waals surface area contributed by atoms with E-state index in [1.165, 1.54) is 0 Å². The van der Waals surface area contributed by atoms with E-state index >= 15 is 0 Å². The van der Waals surface area contributed by atoms with Crippen molar-refractivity contribution in [3.05, 3.63) is 23.3 Å². The van der Waals surface area contributed by atoms with E-state index in [0.717, 1.165) is 36.8 Å². The first-order chi connectivity index (χ1) is 26.8. The van der Waals surface area contributed by atoms with Gasteiger partial charge in [-0.25, -0.2) is 9.59 Å². The average Bonchev–Trinajstić information content (AvgIpc) is 3.13. The van der Waals surface area contributed by atoms with Gasteiger partial charge in [-0.2, -0.15) is 0 Å². The quantitative estimate of drug-likeness (QED) is 0.166. The van der Waals surface area contributed by atoms with Crippen LogP contribution in [0.4, 0.5) is 0 Å². The Bertz CT molecular complexity index is 1750. The van der Waals surface area contributed by atoms with E-state index in [2.05, 4.69) is 53.7 Å². The van der Waals surface area contributed by atoms with E-state index in [9.17, 15) is 60.3 Å². The molecule has 5 fully saturated rings. The summed E-state index contributed by atoms with van der Waals surface area (Å²) in [4.78, 5) is 36.5. The number of carboxylic acids is 3. The molecule has 326 valence electrons. The lowest BCUT2D eigenvalue weighted by Gasteiger charge is -2.69. The third-order valence-corrected chi connectivity index (χ3v) is 16.9. The lowest BCUT2D eigenvalue weighted by Crippen LogP contribution is -2.67. The number of hydrogen-bond acceptors (Lipinski definition) is 13. The number of fused-ring (bicyclic) bond motifs is 6. The largest absolute Gasteiger partial charge is 0.481 e. The summed E-state index contributed by atoms with van der Waals surface area (Å²) in [6.07, 6.45) is -11.2. The molecule has 0 aromatic carbocycles. The van der Waals surface area contributed by atoms with Crippen molar-refractivity contribution >= 4 is 17.9 Å². The third-order valence-electron chi connectivity index (χ3n) is 16.9. The molecule has 58 heavy (non-hydrogen) atoms. The molecule has 0 unspecified atom stereocenters. The molecule has 2 saturated heterocycles. The second-order valence-electron chi connectivity index (χ2n) is 20.3. The van der Waals surface area contributed by atoms with Crippen LogP contribution in [0.1, 0.15) is 99.8 Å². The molecule has 0 aromatic rings. The highest BCUT2D eigenvalue weighted by molar-refractivity contribution is 5.76. The summed E-state index contributed by atoms with van der Waals surface area (Å²) in [6, 6.07) is 0. The molecule has 9 N–H and O–H groups in total. The molecule has 2 heterocycles.